The number of hydrogen-bond donors (Lipinski definition) is 0. The van der Waals surface area contributed by atoms with E-state index >= 15 is 0 Å². The van der Waals surface area contributed by atoms with Crippen molar-refractivity contribution >= 4 is 29.3 Å². The maximum atomic E-state index is 12.7. The van der Waals surface area contributed by atoms with E-state index in [1.807, 2.05) is 60.1 Å². The van der Waals surface area contributed by atoms with Crippen LogP contribution >= 0.6 is 23.4 Å². The highest BCUT2D eigenvalue weighted by molar-refractivity contribution is 7.98. The number of amides is 1. The van der Waals surface area contributed by atoms with E-state index < -0.39 is 0 Å². The Morgan fingerprint density at radius 2 is 1.79 bits per heavy atom. The number of aromatic nitrogens is 3. The Balaban J connectivity index is 1.63. The van der Waals surface area contributed by atoms with Crippen LogP contribution in [0.5, 0.6) is 0 Å². The Morgan fingerprint density at radius 3 is 2.53 bits per heavy atom. The zero-order chi connectivity index (χ0) is 24.1. The Labute approximate surface area is 209 Å². The molecule has 0 fully saturated rings. The molecule has 1 aromatic heterocycles. The Hall–Kier alpha value is -3.09. The first-order valence-electron chi connectivity index (χ1n) is 11.2. The molecule has 0 saturated carbocycles. The number of thioether (sulfide) groups is 1. The topological polar surface area (TPSA) is 51.0 Å². The Kier molecular flexibility index (Phi) is 7.70. The minimum Gasteiger partial charge on any atom is -0.342 e. The van der Waals surface area contributed by atoms with Gasteiger partial charge < -0.3 is 4.90 Å². The van der Waals surface area contributed by atoms with Gasteiger partial charge in [0.25, 0.3) is 5.91 Å². The standard InChI is InChI=1S/C27H27ClN4OS/c1-4-15-31(3)26(33)22-8-5-7-20(16-22)18-34-27-30-29-25(21-13-11-19(2)12-14-21)32(27)24-10-6-9-23(28)17-24/h5-14,16-17H,4,15,18H2,1-3H3. The van der Waals surface area contributed by atoms with Crippen molar-refractivity contribution in [1.82, 2.24) is 19.7 Å². The van der Waals surface area contributed by atoms with Gasteiger partial charge in [-0.1, -0.05) is 78.3 Å². The van der Waals surface area contributed by atoms with E-state index in [9.17, 15) is 4.79 Å². The van der Waals surface area contributed by atoms with Crippen molar-refractivity contribution in [2.24, 2.45) is 0 Å². The molecule has 1 heterocycles. The summed E-state index contributed by atoms with van der Waals surface area (Å²) in [4.78, 5) is 14.5. The summed E-state index contributed by atoms with van der Waals surface area (Å²) >= 11 is 7.88. The third-order valence-electron chi connectivity index (χ3n) is 5.46. The van der Waals surface area contributed by atoms with E-state index in [1.54, 1.807) is 16.7 Å². The second kappa shape index (κ2) is 10.9. The van der Waals surface area contributed by atoms with Gasteiger partial charge in [-0.2, -0.15) is 0 Å². The first kappa shape index (κ1) is 24.0. The number of benzene rings is 3. The third kappa shape index (κ3) is 5.51. The molecule has 7 heteroatoms. The number of aryl methyl sites for hydroxylation is 1. The maximum absolute atomic E-state index is 12.7. The van der Waals surface area contributed by atoms with Crippen LogP contribution in [0.15, 0.2) is 78.0 Å². The molecule has 174 valence electrons. The molecule has 0 bridgehead atoms. The van der Waals surface area contributed by atoms with Gasteiger partial charge in [0.05, 0.1) is 5.69 Å². The molecule has 0 aliphatic rings. The van der Waals surface area contributed by atoms with Crippen LogP contribution in [-0.4, -0.2) is 39.2 Å². The molecule has 0 aliphatic heterocycles. The normalized spacial score (nSPS) is 10.9. The SMILES string of the molecule is CCCN(C)C(=O)c1cccc(CSc2nnc(-c3ccc(C)cc3)n2-c2cccc(Cl)c2)c1. The van der Waals surface area contributed by atoms with Crippen LogP contribution in [0.4, 0.5) is 0 Å². The van der Waals surface area contributed by atoms with Gasteiger partial charge in [0.1, 0.15) is 0 Å². The van der Waals surface area contributed by atoms with Crippen LogP contribution < -0.4 is 0 Å². The van der Waals surface area contributed by atoms with E-state index in [4.69, 9.17) is 11.6 Å². The van der Waals surface area contributed by atoms with Crippen LogP contribution in [0.2, 0.25) is 5.02 Å². The van der Waals surface area contributed by atoms with Gasteiger partial charge in [-0.3, -0.25) is 9.36 Å². The summed E-state index contributed by atoms with van der Waals surface area (Å²) in [6.45, 7) is 4.87. The van der Waals surface area contributed by atoms with Crippen LogP contribution in [0.1, 0.15) is 34.8 Å². The van der Waals surface area contributed by atoms with Crippen molar-refractivity contribution in [2.45, 2.75) is 31.2 Å². The first-order chi connectivity index (χ1) is 16.5. The van der Waals surface area contributed by atoms with Crippen LogP contribution in [0.25, 0.3) is 17.1 Å². The molecule has 0 spiro atoms. The van der Waals surface area contributed by atoms with Gasteiger partial charge in [-0.05, 0) is 49.2 Å². The number of rotatable bonds is 8. The summed E-state index contributed by atoms with van der Waals surface area (Å²) in [7, 11) is 1.84. The minimum atomic E-state index is 0.0393. The highest BCUT2D eigenvalue weighted by Gasteiger charge is 2.17. The number of hydrogen-bond acceptors (Lipinski definition) is 4. The molecule has 0 N–H and O–H groups in total. The molecule has 3 aromatic carbocycles. The van der Waals surface area contributed by atoms with Gasteiger partial charge in [0.2, 0.25) is 0 Å². The van der Waals surface area contributed by atoms with Crippen LogP contribution in [-0.2, 0) is 5.75 Å². The number of nitrogens with zero attached hydrogens (tertiary/aromatic N) is 4. The average molecular weight is 491 g/mol. The summed E-state index contributed by atoms with van der Waals surface area (Å²) in [6.07, 6.45) is 0.931. The van der Waals surface area contributed by atoms with Gasteiger partial charge >= 0.3 is 0 Å². The zero-order valence-electron chi connectivity index (χ0n) is 19.5. The second-order valence-corrected chi connectivity index (χ2v) is 9.58. The molecule has 1 amide bonds. The van der Waals surface area contributed by atoms with E-state index in [0.29, 0.717) is 16.3 Å². The van der Waals surface area contributed by atoms with Crippen molar-refractivity contribution in [3.05, 3.63) is 94.5 Å². The van der Waals surface area contributed by atoms with Crippen molar-refractivity contribution in [2.75, 3.05) is 13.6 Å². The summed E-state index contributed by atoms with van der Waals surface area (Å²) < 4.78 is 2.03. The summed E-state index contributed by atoms with van der Waals surface area (Å²) in [5, 5.41) is 10.4. The minimum absolute atomic E-state index is 0.0393. The smallest absolute Gasteiger partial charge is 0.253 e. The molecule has 0 saturated heterocycles. The lowest BCUT2D eigenvalue weighted by atomic mass is 10.1. The fourth-order valence-corrected chi connectivity index (χ4v) is 4.78. The lowest BCUT2D eigenvalue weighted by molar-refractivity contribution is 0.0795. The van der Waals surface area contributed by atoms with Crippen molar-refractivity contribution in [1.29, 1.82) is 0 Å². The molecule has 4 rings (SSSR count). The van der Waals surface area contributed by atoms with Gasteiger partial charge in [0, 0.05) is 35.5 Å². The summed E-state index contributed by atoms with van der Waals surface area (Å²) in [6, 6.07) is 23.7. The van der Waals surface area contributed by atoms with Crippen LogP contribution in [0.3, 0.4) is 0 Å². The quantitative estimate of drug-likeness (QED) is 0.259. The van der Waals surface area contributed by atoms with Crippen molar-refractivity contribution in [3.8, 4) is 17.1 Å². The van der Waals surface area contributed by atoms with Gasteiger partial charge in [-0.25, -0.2) is 0 Å². The average Bonchev–Trinajstić information content (AvgIpc) is 3.27. The second-order valence-electron chi connectivity index (χ2n) is 8.20. The Morgan fingerprint density at radius 1 is 1.03 bits per heavy atom. The molecule has 0 atom stereocenters. The highest BCUT2D eigenvalue weighted by atomic mass is 35.5. The first-order valence-corrected chi connectivity index (χ1v) is 12.6. The number of carbonyl (C=O) groups is 1. The van der Waals surface area contributed by atoms with Gasteiger partial charge in [0.15, 0.2) is 11.0 Å². The number of halogens is 1. The largest absolute Gasteiger partial charge is 0.342 e. The number of carbonyl (C=O) groups excluding carboxylic acids is 1. The van der Waals surface area contributed by atoms with E-state index in [2.05, 4.69) is 48.3 Å². The fourth-order valence-electron chi connectivity index (χ4n) is 3.70. The van der Waals surface area contributed by atoms with Gasteiger partial charge in [-0.15, -0.1) is 10.2 Å². The van der Waals surface area contributed by atoms with E-state index in [1.165, 1.54) is 5.56 Å². The molecular weight excluding hydrogens is 464 g/mol. The monoisotopic (exact) mass is 490 g/mol. The molecular formula is C27H27ClN4OS. The highest BCUT2D eigenvalue weighted by Crippen LogP contribution is 2.31. The molecule has 5 nitrogen and oxygen atoms in total. The predicted octanol–water partition coefficient (Wildman–Crippen LogP) is 6.67. The van der Waals surface area contributed by atoms with E-state index in [0.717, 1.165) is 40.8 Å². The molecule has 4 aromatic rings. The molecule has 34 heavy (non-hydrogen) atoms. The summed E-state index contributed by atoms with van der Waals surface area (Å²) in [5.41, 5.74) is 4.83. The van der Waals surface area contributed by atoms with Crippen LogP contribution in [0, 0.1) is 6.92 Å². The predicted molar refractivity (Wildman–Crippen MR) is 140 cm³/mol. The van der Waals surface area contributed by atoms with Crippen molar-refractivity contribution in [3.63, 3.8) is 0 Å². The molecule has 0 radical (unpaired) electrons. The fraction of sp³-hybridized carbons (Fsp3) is 0.222. The zero-order valence-corrected chi connectivity index (χ0v) is 21.1. The maximum Gasteiger partial charge on any atom is 0.253 e. The lowest BCUT2D eigenvalue weighted by Gasteiger charge is -2.16. The van der Waals surface area contributed by atoms with Crippen molar-refractivity contribution < 1.29 is 4.79 Å². The molecule has 0 unspecified atom stereocenters. The Bertz CT molecular complexity index is 1290. The third-order valence-corrected chi connectivity index (χ3v) is 6.69. The molecule has 0 aliphatic carbocycles. The lowest BCUT2D eigenvalue weighted by Crippen LogP contribution is -2.27. The van der Waals surface area contributed by atoms with E-state index in [-0.39, 0.29) is 5.91 Å². The summed E-state index contributed by atoms with van der Waals surface area (Å²) in [5.74, 6) is 1.46.